The Bertz CT molecular complexity index is 983. The van der Waals surface area contributed by atoms with Crippen molar-refractivity contribution in [1.82, 2.24) is 24.6 Å². The minimum absolute atomic E-state index is 0.0445. The van der Waals surface area contributed by atoms with Gasteiger partial charge in [-0.2, -0.15) is 0 Å². The summed E-state index contributed by atoms with van der Waals surface area (Å²) in [6, 6.07) is 7.44. The fraction of sp³-hybridized carbons (Fsp3) is 0.444. The average Bonchev–Trinajstić information content (AvgIpc) is 3.27. The highest BCUT2D eigenvalue weighted by Crippen LogP contribution is 2.32. The van der Waals surface area contributed by atoms with Gasteiger partial charge in [0.1, 0.15) is 15.8 Å². The Morgan fingerprint density at radius 2 is 2.15 bits per heavy atom. The van der Waals surface area contributed by atoms with Crippen LogP contribution in [0.15, 0.2) is 29.1 Å². The molecule has 26 heavy (non-hydrogen) atoms. The van der Waals surface area contributed by atoms with E-state index in [9.17, 15) is 9.90 Å². The molecular formula is C18H21N5O2S. The molecule has 1 fully saturated rings. The molecule has 1 aromatic carbocycles. The van der Waals surface area contributed by atoms with E-state index in [-0.39, 0.29) is 24.8 Å². The van der Waals surface area contributed by atoms with Gasteiger partial charge in [0.2, 0.25) is 0 Å². The Labute approximate surface area is 154 Å². The van der Waals surface area contributed by atoms with Gasteiger partial charge in [0.15, 0.2) is 0 Å². The number of para-hydroxylation sites is 1. The lowest BCUT2D eigenvalue weighted by Gasteiger charge is -2.25. The van der Waals surface area contributed by atoms with Gasteiger partial charge in [-0.25, -0.2) is 4.98 Å². The lowest BCUT2D eigenvalue weighted by atomic mass is 10.1. The van der Waals surface area contributed by atoms with Gasteiger partial charge in [0, 0.05) is 0 Å². The zero-order valence-electron chi connectivity index (χ0n) is 14.6. The standard InChI is InChI=1S/C18H21N5O2S/c1-12-20-21-16(26-12)11-22-8-4-7-15(22)17-19-14-6-3-2-5-13(14)18(25)23(17)9-10-24/h2-3,5-6,15,24H,4,7-11H2,1H3. The van der Waals surface area contributed by atoms with Crippen molar-refractivity contribution in [3.05, 3.63) is 50.5 Å². The van der Waals surface area contributed by atoms with Crippen molar-refractivity contribution < 1.29 is 5.11 Å². The summed E-state index contributed by atoms with van der Waals surface area (Å²) in [6.07, 6.45) is 1.98. The van der Waals surface area contributed by atoms with Gasteiger partial charge in [-0.05, 0) is 38.4 Å². The van der Waals surface area contributed by atoms with Crippen molar-refractivity contribution in [3.63, 3.8) is 0 Å². The smallest absolute Gasteiger partial charge is 0.261 e. The number of fused-ring (bicyclic) bond motifs is 1. The molecule has 1 unspecified atom stereocenters. The second-order valence-electron chi connectivity index (χ2n) is 6.51. The average molecular weight is 371 g/mol. The topological polar surface area (TPSA) is 84.1 Å². The first-order valence-corrected chi connectivity index (χ1v) is 9.62. The van der Waals surface area contributed by atoms with Gasteiger partial charge in [0.05, 0.1) is 36.6 Å². The van der Waals surface area contributed by atoms with Gasteiger partial charge >= 0.3 is 0 Å². The first-order chi connectivity index (χ1) is 12.7. The maximum absolute atomic E-state index is 12.9. The lowest BCUT2D eigenvalue weighted by Crippen LogP contribution is -2.32. The van der Waals surface area contributed by atoms with E-state index in [0.29, 0.717) is 17.4 Å². The molecule has 1 saturated heterocycles. The number of nitrogens with zero attached hydrogens (tertiary/aromatic N) is 5. The summed E-state index contributed by atoms with van der Waals surface area (Å²) < 4.78 is 1.64. The van der Waals surface area contributed by atoms with Crippen LogP contribution in [-0.2, 0) is 13.1 Å². The van der Waals surface area contributed by atoms with Crippen LogP contribution < -0.4 is 5.56 Å². The summed E-state index contributed by atoms with van der Waals surface area (Å²) in [6.45, 7) is 3.76. The summed E-state index contributed by atoms with van der Waals surface area (Å²) >= 11 is 1.60. The molecule has 0 radical (unpaired) electrons. The number of benzene rings is 1. The lowest BCUT2D eigenvalue weighted by molar-refractivity contribution is 0.222. The van der Waals surface area contributed by atoms with Gasteiger partial charge in [-0.15, -0.1) is 21.5 Å². The first kappa shape index (κ1) is 17.3. The highest BCUT2D eigenvalue weighted by molar-refractivity contribution is 7.11. The third kappa shape index (κ3) is 3.15. The Balaban J connectivity index is 1.76. The van der Waals surface area contributed by atoms with E-state index in [4.69, 9.17) is 4.98 Å². The van der Waals surface area contributed by atoms with Crippen LogP contribution in [0, 0.1) is 6.92 Å². The maximum Gasteiger partial charge on any atom is 0.261 e. The molecule has 3 heterocycles. The van der Waals surface area contributed by atoms with E-state index in [2.05, 4.69) is 15.1 Å². The van der Waals surface area contributed by atoms with Gasteiger partial charge in [0.25, 0.3) is 5.56 Å². The Kier molecular flexibility index (Phi) is 4.80. The molecule has 8 heteroatoms. The first-order valence-electron chi connectivity index (χ1n) is 8.80. The number of aliphatic hydroxyl groups excluding tert-OH is 1. The van der Waals surface area contributed by atoms with E-state index in [1.807, 2.05) is 25.1 Å². The third-order valence-electron chi connectivity index (χ3n) is 4.78. The van der Waals surface area contributed by atoms with Crippen LogP contribution in [0.2, 0.25) is 0 Å². The van der Waals surface area contributed by atoms with Crippen molar-refractivity contribution in [2.24, 2.45) is 0 Å². The molecule has 1 N–H and O–H groups in total. The molecule has 0 aliphatic carbocycles. The molecule has 3 aromatic rings. The number of aromatic nitrogens is 4. The van der Waals surface area contributed by atoms with Crippen LogP contribution in [0.4, 0.5) is 0 Å². The second kappa shape index (κ2) is 7.22. The Hall–Kier alpha value is -2.16. The summed E-state index contributed by atoms with van der Waals surface area (Å²) in [5.74, 6) is 0.737. The molecule has 0 bridgehead atoms. The highest BCUT2D eigenvalue weighted by Gasteiger charge is 2.31. The van der Waals surface area contributed by atoms with Crippen molar-refractivity contribution in [2.75, 3.05) is 13.2 Å². The van der Waals surface area contributed by atoms with Crippen molar-refractivity contribution in [2.45, 2.75) is 38.9 Å². The summed E-state index contributed by atoms with van der Waals surface area (Å²) in [5.41, 5.74) is 0.624. The monoisotopic (exact) mass is 371 g/mol. The van der Waals surface area contributed by atoms with E-state index in [0.717, 1.165) is 35.2 Å². The summed E-state index contributed by atoms with van der Waals surface area (Å²) in [5, 5.41) is 20.3. The molecule has 1 aliphatic rings. The minimum atomic E-state index is -0.0881. The van der Waals surface area contributed by atoms with Gasteiger partial charge < -0.3 is 5.11 Å². The Morgan fingerprint density at radius 1 is 1.31 bits per heavy atom. The molecule has 1 atom stereocenters. The molecule has 2 aromatic heterocycles. The second-order valence-corrected chi connectivity index (χ2v) is 7.78. The van der Waals surface area contributed by atoms with Crippen molar-refractivity contribution in [3.8, 4) is 0 Å². The number of hydrogen-bond donors (Lipinski definition) is 1. The number of likely N-dealkylation sites (tertiary alicyclic amines) is 1. The minimum Gasteiger partial charge on any atom is -0.395 e. The Morgan fingerprint density at radius 3 is 2.92 bits per heavy atom. The van der Waals surface area contributed by atoms with E-state index < -0.39 is 0 Å². The van der Waals surface area contributed by atoms with Gasteiger partial charge in [-0.3, -0.25) is 14.3 Å². The van der Waals surface area contributed by atoms with Crippen LogP contribution in [0.25, 0.3) is 10.9 Å². The molecule has 136 valence electrons. The normalized spacial score (nSPS) is 18.0. The van der Waals surface area contributed by atoms with Gasteiger partial charge in [-0.1, -0.05) is 12.1 Å². The molecule has 0 spiro atoms. The quantitative estimate of drug-likeness (QED) is 0.737. The van der Waals surface area contributed by atoms with Crippen LogP contribution in [-0.4, -0.2) is 42.9 Å². The zero-order chi connectivity index (χ0) is 18.1. The maximum atomic E-state index is 12.9. The summed E-state index contributed by atoms with van der Waals surface area (Å²) in [7, 11) is 0. The van der Waals surface area contributed by atoms with Crippen LogP contribution >= 0.6 is 11.3 Å². The molecule has 1 aliphatic heterocycles. The van der Waals surface area contributed by atoms with E-state index in [1.54, 1.807) is 22.0 Å². The van der Waals surface area contributed by atoms with Crippen molar-refractivity contribution in [1.29, 1.82) is 0 Å². The fourth-order valence-corrected chi connectivity index (χ4v) is 4.37. The van der Waals surface area contributed by atoms with Crippen molar-refractivity contribution >= 4 is 22.2 Å². The number of aryl methyl sites for hydroxylation is 1. The van der Waals surface area contributed by atoms with E-state index >= 15 is 0 Å². The highest BCUT2D eigenvalue weighted by atomic mass is 32.1. The predicted octanol–water partition coefficient (Wildman–Crippen LogP) is 1.89. The zero-order valence-corrected chi connectivity index (χ0v) is 15.4. The molecule has 0 amide bonds. The fourth-order valence-electron chi connectivity index (χ4n) is 3.64. The molecule has 4 rings (SSSR count). The molecular weight excluding hydrogens is 350 g/mol. The number of hydrogen-bond acceptors (Lipinski definition) is 7. The van der Waals surface area contributed by atoms with E-state index in [1.165, 1.54) is 0 Å². The van der Waals surface area contributed by atoms with Crippen LogP contribution in [0.1, 0.15) is 34.7 Å². The van der Waals surface area contributed by atoms with Crippen LogP contribution in [0.3, 0.4) is 0 Å². The number of aliphatic hydroxyl groups is 1. The van der Waals surface area contributed by atoms with Crippen LogP contribution in [0.5, 0.6) is 0 Å². The third-order valence-corrected chi connectivity index (χ3v) is 5.61. The number of rotatable bonds is 5. The molecule has 0 saturated carbocycles. The largest absolute Gasteiger partial charge is 0.395 e. The molecule has 7 nitrogen and oxygen atoms in total. The predicted molar refractivity (Wildman–Crippen MR) is 100 cm³/mol. The SMILES string of the molecule is Cc1nnc(CN2CCCC2c2nc3ccccc3c(=O)n2CCO)s1. The summed E-state index contributed by atoms with van der Waals surface area (Å²) in [4.78, 5) is 20.1.